The average Bonchev–Trinajstić information content (AvgIpc) is 3.41. The van der Waals surface area contributed by atoms with Gasteiger partial charge in [-0.2, -0.15) is 0 Å². The van der Waals surface area contributed by atoms with Crippen molar-refractivity contribution in [3.05, 3.63) is 97.6 Å². The molecule has 4 aromatic rings. The van der Waals surface area contributed by atoms with E-state index in [4.69, 9.17) is 0 Å². The van der Waals surface area contributed by atoms with E-state index in [0.717, 1.165) is 10.6 Å². The van der Waals surface area contributed by atoms with E-state index in [1.54, 1.807) is 52.6 Å². The molecule has 7 nitrogen and oxygen atoms in total. The molecule has 1 fully saturated rings. The van der Waals surface area contributed by atoms with Gasteiger partial charge in [0.05, 0.1) is 10.9 Å². The minimum atomic E-state index is -0.469. The number of aromatic nitrogens is 2. The number of aryl methyl sites for hydroxylation is 1. The molecular formula is C26H25FN4O3S. The van der Waals surface area contributed by atoms with Crippen LogP contribution in [0.3, 0.4) is 0 Å². The fourth-order valence-corrected chi connectivity index (χ4v) is 5.20. The first-order valence-electron chi connectivity index (χ1n) is 11.5. The predicted molar refractivity (Wildman–Crippen MR) is 136 cm³/mol. The van der Waals surface area contributed by atoms with Gasteiger partial charge in [-0.1, -0.05) is 18.2 Å². The fourth-order valence-electron chi connectivity index (χ4n) is 4.50. The number of nitrogens with zero attached hydrogens (tertiary/aromatic N) is 4. The van der Waals surface area contributed by atoms with Gasteiger partial charge in [-0.3, -0.25) is 18.7 Å². The lowest BCUT2D eigenvalue weighted by atomic mass is 10.2. The maximum Gasteiger partial charge on any atom is 0.331 e. The third kappa shape index (κ3) is 4.77. The number of hydrogen-bond donors (Lipinski definition) is 0. The summed E-state index contributed by atoms with van der Waals surface area (Å²) >= 11 is 1.58. The van der Waals surface area contributed by atoms with Crippen molar-refractivity contribution in [2.45, 2.75) is 19.5 Å². The van der Waals surface area contributed by atoms with Crippen molar-refractivity contribution >= 4 is 33.8 Å². The normalized spacial score (nSPS) is 14.0. The van der Waals surface area contributed by atoms with Crippen LogP contribution in [0.1, 0.15) is 4.88 Å². The maximum atomic E-state index is 13.4. The van der Waals surface area contributed by atoms with E-state index >= 15 is 0 Å². The van der Waals surface area contributed by atoms with E-state index in [2.05, 4.69) is 4.90 Å². The van der Waals surface area contributed by atoms with Gasteiger partial charge < -0.3 is 9.80 Å². The molecule has 9 heteroatoms. The Labute approximate surface area is 205 Å². The van der Waals surface area contributed by atoms with Crippen LogP contribution in [0.2, 0.25) is 0 Å². The molecule has 5 rings (SSSR count). The average molecular weight is 493 g/mol. The summed E-state index contributed by atoms with van der Waals surface area (Å²) in [5, 5.41) is 2.39. The highest BCUT2D eigenvalue weighted by molar-refractivity contribution is 7.09. The second kappa shape index (κ2) is 9.87. The molecule has 0 bridgehead atoms. The minimum absolute atomic E-state index is 0.130. The van der Waals surface area contributed by atoms with Crippen LogP contribution in [0.15, 0.2) is 75.6 Å². The van der Waals surface area contributed by atoms with Crippen LogP contribution in [0, 0.1) is 5.82 Å². The molecule has 35 heavy (non-hydrogen) atoms. The van der Waals surface area contributed by atoms with Crippen molar-refractivity contribution in [1.82, 2.24) is 14.0 Å². The van der Waals surface area contributed by atoms with Crippen molar-refractivity contribution in [1.29, 1.82) is 0 Å². The van der Waals surface area contributed by atoms with E-state index in [1.165, 1.54) is 21.3 Å². The number of benzene rings is 2. The summed E-state index contributed by atoms with van der Waals surface area (Å²) in [6.45, 7) is 2.37. The van der Waals surface area contributed by atoms with E-state index in [-0.39, 0.29) is 30.4 Å². The van der Waals surface area contributed by atoms with Crippen molar-refractivity contribution in [2.24, 2.45) is 0 Å². The molecule has 0 aliphatic carbocycles. The van der Waals surface area contributed by atoms with Crippen molar-refractivity contribution < 1.29 is 9.18 Å². The zero-order valence-corrected chi connectivity index (χ0v) is 19.9. The zero-order chi connectivity index (χ0) is 24.4. The fraction of sp³-hybridized carbons (Fsp3) is 0.269. The van der Waals surface area contributed by atoms with Crippen LogP contribution in [-0.4, -0.2) is 46.1 Å². The number of hydrogen-bond acceptors (Lipinski definition) is 5. The Balaban J connectivity index is 1.36. The van der Waals surface area contributed by atoms with Gasteiger partial charge in [-0.25, -0.2) is 9.18 Å². The van der Waals surface area contributed by atoms with Crippen LogP contribution in [0.4, 0.5) is 10.1 Å². The van der Waals surface area contributed by atoms with Gasteiger partial charge in [0.15, 0.2) is 0 Å². The number of anilines is 1. The second-order valence-electron chi connectivity index (χ2n) is 8.52. The first-order chi connectivity index (χ1) is 17.0. The van der Waals surface area contributed by atoms with Gasteiger partial charge >= 0.3 is 5.69 Å². The Morgan fingerprint density at radius 2 is 1.63 bits per heavy atom. The number of fused-ring (bicyclic) bond motifs is 1. The highest BCUT2D eigenvalue weighted by atomic mass is 32.1. The van der Waals surface area contributed by atoms with Gasteiger partial charge in [-0.05, 0) is 54.3 Å². The Morgan fingerprint density at radius 3 is 2.34 bits per heavy atom. The molecule has 180 valence electrons. The summed E-state index contributed by atoms with van der Waals surface area (Å²) in [5.41, 5.74) is 0.578. The summed E-state index contributed by atoms with van der Waals surface area (Å²) < 4.78 is 15.9. The number of para-hydroxylation sites is 1. The molecule has 0 spiro atoms. The molecule has 2 aromatic heterocycles. The van der Waals surface area contributed by atoms with Gasteiger partial charge in [0.1, 0.15) is 12.4 Å². The number of rotatable bonds is 6. The van der Waals surface area contributed by atoms with Gasteiger partial charge in [0.25, 0.3) is 5.56 Å². The Kier molecular flexibility index (Phi) is 6.50. The molecule has 0 radical (unpaired) electrons. The summed E-state index contributed by atoms with van der Waals surface area (Å²) in [6, 6.07) is 17.2. The van der Waals surface area contributed by atoms with Gasteiger partial charge in [-0.15, -0.1) is 11.3 Å². The Hall–Kier alpha value is -3.72. The number of thiophene rings is 1. The lowest BCUT2D eigenvalue weighted by molar-refractivity contribution is -0.132. The maximum absolute atomic E-state index is 13.4. The first kappa shape index (κ1) is 23.0. The minimum Gasteiger partial charge on any atom is -0.368 e. The van der Waals surface area contributed by atoms with E-state index in [1.807, 2.05) is 17.5 Å². The summed E-state index contributed by atoms with van der Waals surface area (Å²) in [5.74, 6) is -0.448. The smallest absolute Gasteiger partial charge is 0.331 e. The molecule has 1 aliphatic heterocycles. The van der Waals surface area contributed by atoms with E-state index in [0.29, 0.717) is 43.5 Å². The van der Waals surface area contributed by atoms with Crippen LogP contribution >= 0.6 is 11.3 Å². The van der Waals surface area contributed by atoms with E-state index in [9.17, 15) is 18.8 Å². The molecule has 1 saturated heterocycles. The van der Waals surface area contributed by atoms with Crippen molar-refractivity contribution in [2.75, 3.05) is 31.1 Å². The summed E-state index contributed by atoms with van der Waals surface area (Å²) in [7, 11) is 0. The number of amides is 1. The monoisotopic (exact) mass is 492 g/mol. The lowest BCUT2D eigenvalue weighted by Crippen LogP contribution is -2.51. The molecule has 0 unspecified atom stereocenters. The van der Waals surface area contributed by atoms with Crippen LogP contribution in [0.5, 0.6) is 0 Å². The first-order valence-corrected chi connectivity index (χ1v) is 12.4. The quantitative estimate of drug-likeness (QED) is 0.415. The van der Waals surface area contributed by atoms with Gasteiger partial charge in [0.2, 0.25) is 5.91 Å². The topological polar surface area (TPSA) is 67.5 Å². The van der Waals surface area contributed by atoms with Crippen LogP contribution in [0.25, 0.3) is 10.9 Å². The molecule has 0 saturated carbocycles. The zero-order valence-electron chi connectivity index (χ0n) is 19.1. The third-order valence-electron chi connectivity index (χ3n) is 6.41. The highest BCUT2D eigenvalue weighted by Gasteiger charge is 2.23. The number of carbonyl (C=O) groups excluding carboxylic acids is 1. The molecule has 2 aromatic carbocycles. The Bertz CT molecular complexity index is 1450. The van der Waals surface area contributed by atoms with Crippen molar-refractivity contribution in [3.63, 3.8) is 0 Å². The van der Waals surface area contributed by atoms with Crippen LogP contribution < -0.4 is 16.1 Å². The van der Waals surface area contributed by atoms with Crippen LogP contribution in [-0.2, 0) is 24.3 Å². The Morgan fingerprint density at radius 1 is 0.886 bits per heavy atom. The second-order valence-corrected chi connectivity index (χ2v) is 9.55. The number of carbonyl (C=O) groups is 1. The number of piperazine rings is 1. The van der Waals surface area contributed by atoms with Gasteiger partial charge in [0, 0.05) is 43.3 Å². The standard InChI is InChI=1S/C26H25FN4O3S/c27-19-7-9-20(10-8-19)28-13-15-29(16-14-28)24(32)18-31-23-6-2-1-5-22(23)25(33)30(26(31)34)12-11-21-4-3-17-35-21/h1-10,17H,11-16,18H2. The molecule has 0 N–H and O–H groups in total. The number of halogens is 1. The molecule has 1 amide bonds. The molecule has 1 aliphatic rings. The third-order valence-corrected chi connectivity index (χ3v) is 7.35. The lowest BCUT2D eigenvalue weighted by Gasteiger charge is -2.36. The summed E-state index contributed by atoms with van der Waals surface area (Å²) in [6.07, 6.45) is 0.574. The highest BCUT2D eigenvalue weighted by Crippen LogP contribution is 2.17. The largest absolute Gasteiger partial charge is 0.368 e. The predicted octanol–water partition coefficient (Wildman–Crippen LogP) is 2.96. The summed E-state index contributed by atoms with van der Waals surface area (Å²) in [4.78, 5) is 44.6. The molecule has 3 heterocycles. The SMILES string of the molecule is O=C(Cn1c(=O)n(CCc2cccs2)c(=O)c2ccccc21)N1CCN(c2ccc(F)cc2)CC1. The molecular weight excluding hydrogens is 467 g/mol. The van der Waals surface area contributed by atoms with E-state index < -0.39 is 5.69 Å². The molecule has 0 atom stereocenters. The van der Waals surface area contributed by atoms with Crippen molar-refractivity contribution in [3.8, 4) is 0 Å².